The van der Waals surface area contributed by atoms with Crippen LogP contribution >= 0.6 is 0 Å². The van der Waals surface area contributed by atoms with E-state index < -0.39 is 0 Å². The lowest BCUT2D eigenvalue weighted by Gasteiger charge is -2.32. The van der Waals surface area contributed by atoms with Crippen LogP contribution in [-0.2, 0) is 11.3 Å². The van der Waals surface area contributed by atoms with E-state index in [1.165, 1.54) is 4.68 Å². The molecule has 1 aromatic rings. The Labute approximate surface area is 126 Å². The van der Waals surface area contributed by atoms with E-state index >= 15 is 0 Å². The number of methoxy groups -OCH3 is 1. The van der Waals surface area contributed by atoms with Gasteiger partial charge in [-0.05, 0) is 26.3 Å². The zero-order chi connectivity index (χ0) is 15.2. The second kappa shape index (κ2) is 7.56. The lowest BCUT2D eigenvalue weighted by Crippen LogP contribution is -2.39. The first-order valence-corrected chi connectivity index (χ1v) is 7.72. The van der Waals surface area contributed by atoms with Gasteiger partial charge in [-0.2, -0.15) is 5.10 Å². The van der Waals surface area contributed by atoms with Crippen LogP contribution in [0.4, 0.5) is 5.69 Å². The number of ether oxygens (including phenoxy) is 1. The number of anilines is 1. The van der Waals surface area contributed by atoms with Crippen molar-refractivity contribution in [3.8, 4) is 0 Å². The van der Waals surface area contributed by atoms with E-state index in [-0.39, 0.29) is 11.6 Å². The number of hydrogen-bond acceptors (Lipinski definition) is 5. The van der Waals surface area contributed by atoms with Gasteiger partial charge in [-0.1, -0.05) is 6.92 Å². The number of aromatic nitrogens is 2. The molecule has 0 bridgehead atoms. The molecule has 21 heavy (non-hydrogen) atoms. The molecule has 6 heteroatoms. The van der Waals surface area contributed by atoms with Crippen LogP contribution in [0.15, 0.2) is 17.1 Å². The third-order valence-electron chi connectivity index (χ3n) is 3.99. The molecule has 0 spiro atoms. The SMILES string of the molecule is CCNC(C)Cn1ncc(N2CCC(OC)CC2)cc1=O. The predicted octanol–water partition coefficient (Wildman–Crippen LogP) is 0.857. The summed E-state index contributed by atoms with van der Waals surface area (Å²) < 4.78 is 6.90. The molecule has 1 unspecified atom stereocenters. The first-order valence-electron chi connectivity index (χ1n) is 7.72. The molecular weight excluding hydrogens is 268 g/mol. The molecule has 0 amide bonds. The molecule has 1 saturated heterocycles. The van der Waals surface area contributed by atoms with Crippen LogP contribution in [0.5, 0.6) is 0 Å². The molecule has 1 aliphatic rings. The average Bonchev–Trinajstić information content (AvgIpc) is 2.50. The molecule has 0 aliphatic carbocycles. The van der Waals surface area contributed by atoms with Gasteiger partial charge < -0.3 is 15.0 Å². The number of hydrogen-bond donors (Lipinski definition) is 1. The smallest absolute Gasteiger partial charge is 0.268 e. The van der Waals surface area contributed by atoms with Gasteiger partial charge in [0.15, 0.2) is 0 Å². The second-order valence-corrected chi connectivity index (χ2v) is 5.61. The molecule has 118 valence electrons. The van der Waals surface area contributed by atoms with Gasteiger partial charge in [-0.15, -0.1) is 0 Å². The average molecular weight is 294 g/mol. The Hall–Kier alpha value is -1.40. The Morgan fingerprint density at radius 2 is 2.19 bits per heavy atom. The fourth-order valence-corrected chi connectivity index (χ4v) is 2.76. The highest BCUT2D eigenvalue weighted by Gasteiger charge is 2.19. The first kappa shape index (κ1) is 16.0. The van der Waals surface area contributed by atoms with E-state index in [4.69, 9.17) is 4.74 Å². The van der Waals surface area contributed by atoms with Crippen molar-refractivity contribution in [2.45, 2.75) is 45.4 Å². The normalized spacial score (nSPS) is 18.0. The molecule has 1 N–H and O–H groups in total. The molecule has 0 radical (unpaired) electrons. The van der Waals surface area contributed by atoms with Gasteiger partial charge >= 0.3 is 0 Å². The lowest BCUT2D eigenvalue weighted by atomic mass is 10.1. The lowest BCUT2D eigenvalue weighted by molar-refractivity contribution is 0.0819. The van der Waals surface area contributed by atoms with Gasteiger partial charge in [-0.3, -0.25) is 4.79 Å². The summed E-state index contributed by atoms with van der Waals surface area (Å²) in [6, 6.07) is 1.93. The van der Waals surface area contributed by atoms with Crippen molar-refractivity contribution in [1.29, 1.82) is 0 Å². The summed E-state index contributed by atoms with van der Waals surface area (Å²) >= 11 is 0. The summed E-state index contributed by atoms with van der Waals surface area (Å²) in [5, 5.41) is 7.59. The van der Waals surface area contributed by atoms with E-state index in [1.807, 2.05) is 0 Å². The number of nitrogens with one attached hydrogen (secondary N) is 1. The minimum absolute atomic E-state index is 0.0360. The molecule has 2 rings (SSSR count). The van der Waals surface area contributed by atoms with Crippen LogP contribution in [0.25, 0.3) is 0 Å². The Bertz CT molecular complexity index is 495. The Balaban J connectivity index is 2.00. The Morgan fingerprint density at radius 1 is 1.48 bits per heavy atom. The number of likely N-dealkylation sites (N-methyl/N-ethyl adjacent to an activating group) is 1. The number of nitrogens with zero attached hydrogens (tertiary/aromatic N) is 3. The molecular formula is C15H26N4O2. The molecule has 0 saturated carbocycles. The van der Waals surface area contributed by atoms with Crippen molar-refractivity contribution in [2.24, 2.45) is 0 Å². The molecule has 2 heterocycles. The quantitative estimate of drug-likeness (QED) is 0.843. The Morgan fingerprint density at radius 3 is 2.76 bits per heavy atom. The summed E-state index contributed by atoms with van der Waals surface area (Å²) in [6.45, 7) is 7.43. The van der Waals surface area contributed by atoms with Gasteiger partial charge in [0.1, 0.15) is 0 Å². The van der Waals surface area contributed by atoms with Crippen molar-refractivity contribution in [3.05, 3.63) is 22.6 Å². The van der Waals surface area contributed by atoms with Gasteiger partial charge in [0, 0.05) is 32.3 Å². The largest absolute Gasteiger partial charge is 0.381 e. The number of rotatable bonds is 6. The molecule has 6 nitrogen and oxygen atoms in total. The van der Waals surface area contributed by atoms with Crippen LogP contribution in [0.3, 0.4) is 0 Å². The minimum Gasteiger partial charge on any atom is -0.381 e. The van der Waals surface area contributed by atoms with Crippen molar-refractivity contribution >= 4 is 5.69 Å². The number of piperidine rings is 1. The maximum absolute atomic E-state index is 12.2. The first-order chi connectivity index (χ1) is 10.1. The van der Waals surface area contributed by atoms with Crippen molar-refractivity contribution in [2.75, 3.05) is 31.6 Å². The highest BCUT2D eigenvalue weighted by Crippen LogP contribution is 2.18. The van der Waals surface area contributed by atoms with E-state index in [2.05, 4.69) is 29.2 Å². The standard InChI is InChI=1S/C15H26N4O2/c1-4-16-12(2)11-19-15(20)9-13(10-17-19)18-7-5-14(21-3)6-8-18/h9-10,12,14,16H,4-8,11H2,1-3H3. The van der Waals surface area contributed by atoms with Crippen LogP contribution in [0, 0.1) is 0 Å². The Kier molecular flexibility index (Phi) is 5.76. The van der Waals surface area contributed by atoms with Crippen molar-refractivity contribution < 1.29 is 4.74 Å². The summed E-state index contributed by atoms with van der Waals surface area (Å²) in [5.74, 6) is 0. The minimum atomic E-state index is -0.0360. The topological polar surface area (TPSA) is 59.4 Å². The maximum Gasteiger partial charge on any atom is 0.268 e. The fraction of sp³-hybridized carbons (Fsp3) is 0.733. The molecule has 1 aliphatic heterocycles. The van der Waals surface area contributed by atoms with Crippen molar-refractivity contribution in [1.82, 2.24) is 15.1 Å². The van der Waals surface area contributed by atoms with E-state index in [0.29, 0.717) is 12.6 Å². The van der Waals surface area contributed by atoms with Crippen LogP contribution < -0.4 is 15.8 Å². The van der Waals surface area contributed by atoms with Crippen LogP contribution in [0.1, 0.15) is 26.7 Å². The molecule has 1 aromatic heterocycles. The second-order valence-electron chi connectivity index (χ2n) is 5.61. The highest BCUT2D eigenvalue weighted by atomic mass is 16.5. The van der Waals surface area contributed by atoms with E-state index in [9.17, 15) is 4.79 Å². The van der Waals surface area contributed by atoms with Crippen LogP contribution in [0.2, 0.25) is 0 Å². The van der Waals surface area contributed by atoms with E-state index in [0.717, 1.165) is 38.2 Å². The summed E-state index contributed by atoms with van der Waals surface area (Å²) in [7, 11) is 1.76. The molecule has 0 aromatic carbocycles. The maximum atomic E-state index is 12.2. The van der Waals surface area contributed by atoms with Crippen molar-refractivity contribution in [3.63, 3.8) is 0 Å². The summed E-state index contributed by atoms with van der Waals surface area (Å²) in [5.41, 5.74) is 0.882. The molecule has 1 atom stereocenters. The summed E-state index contributed by atoms with van der Waals surface area (Å²) in [4.78, 5) is 14.4. The van der Waals surface area contributed by atoms with Gasteiger partial charge in [0.25, 0.3) is 5.56 Å². The zero-order valence-electron chi connectivity index (χ0n) is 13.2. The summed E-state index contributed by atoms with van der Waals surface area (Å²) in [6.07, 6.45) is 4.14. The van der Waals surface area contributed by atoms with Crippen LogP contribution in [-0.4, -0.2) is 48.7 Å². The van der Waals surface area contributed by atoms with Gasteiger partial charge in [-0.25, -0.2) is 4.68 Å². The van der Waals surface area contributed by atoms with Gasteiger partial charge in [0.2, 0.25) is 0 Å². The van der Waals surface area contributed by atoms with E-state index in [1.54, 1.807) is 19.4 Å². The highest BCUT2D eigenvalue weighted by molar-refractivity contribution is 5.43. The third-order valence-corrected chi connectivity index (χ3v) is 3.99. The third kappa shape index (κ3) is 4.28. The predicted molar refractivity (Wildman–Crippen MR) is 83.9 cm³/mol. The van der Waals surface area contributed by atoms with Gasteiger partial charge in [0.05, 0.1) is 24.5 Å². The molecule has 1 fully saturated rings. The zero-order valence-corrected chi connectivity index (χ0v) is 13.2. The monoisotopic (exact) mass is 294 g/mol. The fourth-order valence-electron chi connectivity index (χ4n) is 2.76.